The molecule has 0 aliphatic heterocycles. The van der Waals surface area contributed by atoms with Gasteiger partial charge in [-0.25, -0.2) is 0 Å². The SMILES string of the molecule is CO.c1ccc2c(c1)-c1cccc3cccc-2c13. The second kappa shape index (κ2) is 4.28. The number of aliphatic hydroxyl groups is 1. The Morgan fingerprint density at radius 3 is 1.50 bits per heavy atom. The minimum atomic E-state index is 1.00. The molecule has 18 heavy (non-hydrogen) atoms. The lowest BCUT2D eigenvalue weighted by Gasteiger charge is -2.00. The van der Waals surface area contributed by atoms with Crippen LogP contribution in [-0.4, -0.2) is 12.2 Å². The number of aliphatic hydroxyl groups excluding tert-OH is 1. The van der Waals surface area contributed by atoms with E-state index in [4.69, 9.17) is 5.11 Å². The summed E-state index contributed by atoms with van der Waals surface area (Å²) in [5, 5.41) is 9.75. The second-order valence-electron chi connectivity index (χ2n) is 4.25. The van der Waals surface area contributed by atoms with Crippen LogP contribution in [0.15, 0.2) is 60.7 Å². The van der Waals surface area contributed by atoms with Crippen molar-refractivity contribution in [2.24, 2.45) is 0 Å². The van der Waals surface area contributed by atoms with Gasteiger partial charge in [0.15, 0.2) is 0 Å². The summed E-state index contributed by atoms with van der Waals surface area (Å²) in [6.07, 6.45) is 0. The molecule has 0 aromatic heterocycles. The van der Waals surface area contributed by atoms with E-state index in [2.05, 4.69) is 60.7 Å². The third-order valence-electron chi connectivity index (χ3n) is 3.41. The molecule has 0 spiro atoms. The molecule has 3 aromatic rings. The largest absolute Gasteiger partial charge is 0.400 e. The summed E-state index contributed by atoms with van der Waals surface area (Å²) in [7, 11) is 1.00. The van der Waals surface area contributed by atoms with Crippen molar-refractivity contribution in [1.82, 2.24) is 0 Å². The van der Waals surface area contributed by atoms with Gasteiger partial charge in [0.05, 0.1) is 0 Å². The van der Waals surface area contributed by atoms with E-state index >= 15 is 0 Å². The highest BCUT2D eigenvalue weighted by Crippen LogP contribution is 2.46. The highest BCUT2D eigenvalue weighted by atomic mass is 16.2. The summed E-state index contributed by atoms with van der Waals surface area (Å²) in [6, 6.07) is 21.8. The lowest BCUT2D eigenvalue weighted by atomic mass is 10.0. The Morgan fingerprint density at radius 2 is 1.00 bits per heavy atom. The Labute approximate surface area is 106 Å². The predicted octanol–water partition coefficient (Wildman–Crippen LogP) is 4.10. The van der Waals surface area contributed by atoms with Crippen LogP contribution in [0, 0.1) is 0 Å². The summed E-state index contributed by atoms with van der Waals surface area (Å²) in [5.41, 5.74) is 5.50. The van der Waals surface area contributed by atoms with Crippen LogP contribution in [0.2, 0.25) is 0 Å². The summed E-state index contributed by atoms with van der Waals surface area (Å²) >= 11 is 0. The first kappa shape index (κ1) is 11.0. The van der Waals surface area contributed by atoms with E-state index in [-0.39, 0.29) is 0 Å². The standard InChI is InChI=1S/C16H10.CH4O/c1-2-8-13-12(7-1)14-9-3-5-11-6-4-10-15(13)16(11)14;1-2/h1-10H;2H,1H3. The molecule has 0 saturated carbocycles. The fraction of sp³-hybridized carbons (Fsp3) is 0.0588. The average molecular weight is 234 g/mol. The molecular formula is C17H14O. The van der Waals surface area contributed by atoms with Gasteiger partial charge in [0.2, 0.25) is 0 Å². The molecule has 0 heterocycles. The Kier molecular flexibility index (Phi) is 2.62. The molecule has 88 valence electrons. The van der Waals surface area contributed by atoms with Crippen LogP contribution in [0.1, 0.15) is 0 Å². The van der Waals surface area contributed by atoms with E-state index in [9.17, 15) is 0 Å². The minimum Gasteiger partial charge on any atom is -0.400 e. The molecule has 0 unspecified atom stereocenters. The molecule has 3 aromatic carbocycles. The van der Waals surface area contributed by atoms with Gasteiger partial charge in [0.1, 0.15) is 0 Å². The van der Waals surface area contributed by atoms with Gasteiger partial charge in [0, 0.05) is 7.11 Å². The number of hydrogen-bond acceptors (Lipinski definition) is 1. The topological polar surface area (TPSA) is 20.2 Å². The zero-order valence-corrected chi connectivity index (χ0v) is 10.2. The van der Waals surface area contributed by atoms with Crippen LogP contribution in [0.3, 0.4) is 0 Å². The molecule has 0 atom stereocenters. The molecule has 0 fully saturated rings. The van der Waals surface area contributed by atoms with Crippen LogP contribution >= 0.6 is 0 Å². The molecule has 1 aliphatic rings. The third kappa shape index (κ3) is 1.38. The van der Waals surface area contributed by atoms with Gasteiger partial charge < -0.3 is 5.11 Å². The van der Waals surface area contributed by atoms with E-state index in [1.165, 1.54) is 33.0 Å². The van der Waals surface area contributed by atoms with Crippen molar-refractivity contribution in [3.8, 4) is 22.3 Å². The molecule has 1 nitrogen and oxygen atoms in total. The Bertz CT molecular complexity index is 656. The molecular weight excluding hydrogens is 220 g/mol. The van der Waals surface area contributed by atoms with Crippen molar-refractivity contribution in [3.05, 3.63) is 60.7 Å². The Balaban J connectivity index is 0.000000478. The molecule has 4 rings (SSSR count). The Morgan fingerprint density at radius 1 is 0.556 bits per heavy atom. The van der Waals surface area contributed by atoms with Crippen LogP contribution in [-0.2, 0) is 0 Å². The van der Waals surface area contributed by atoms with Crippen molar-refractivity contribution >= 4 is 10.8 Å². The summed E-state index contributed by atoms with van der Waals surface area (Å²) in [5.74, 6) is 0. The van der Waals surface area contributed by atoms with Gasteiger partial charge >= 0.3 is 0 Å². The van der Waals surface area contributed by atoms with Gasteiger partial charge in [-0.05, 0) is 33.0 Å². The van der Waals surface area contributed by atoms with Gasteiger partial charge in [0.25, 0.3) is 0 Å². The van der Waals surface area contributed by atoms with Crippen LogP contribution in [0.25, 0.3) is 33.0 Å². The van der Waals surface area contributed by atoms with E-state index in [0.29, 0.717) is 0 Å². The van der Waals surface area contributed by atoms with Gasteiger partial charge in [-0.1, -0.05) is 60.7 Å². The number of hydrogen-bond donors (Lipinski definition) is 1. The summed E-state index contributed by atoms with van der Waals surface area (Å²) in [4.78, 5) is 0. The number of benzene rings is 3. The first-order chi connectivity index (χ1) is 8.95. The highest BCUT2D eigenvalue weighted by Gasteiger charge is 2.19. The zero-order chi connectivity index (χ0) is 12.5. The molecule has 1 heteroatoms. The van der Waals surface area contributed by atoms with E-state index in [1.54, 1.807) is 0 Å². The smallest absolute Gasteiger partial charge is 0.0319 e. The van der Waals surface area contributed by atoms with E-state index in [0.717, 1.165) is 7.11 Å². The molecule has 0 bridgehead atoms. The fourth-order valence-corrected chi connectivity index (χ4v) is 2.74. The molecule has 0 radical (unpaired) electrons. The van der Waals surface area contributed by atoms with Crippen LogP contribution in [0.5, 0.6) is 0 Å². The summed E-state index contributed by atoms with van der Waals surface area (Å²) < 4.78 is 0. The van der Waals surface area contributed by atoms with Crippen LogP contribution in [0.4, 0.5) is 0 Å². The van der Waals surface area contributed by atoms with Crippen molar-refractivity contribution in [2.45, 2.75) is 0 Å². The average Bonchev–Trinajstić information content (AvgIpc) is 2.79. The molecule has 0 amide bonds. The lowest BCUT2D eigenvalue weighted by Crippen LogP contribution is -1.73. The van der Waals surface area contributed by atoms with E-state index < -0.39 is 0 Å². The van der Waals surface area contributed by atoms with Crippen molar-refractivity contribution in [3.63, 3.8) is 0 Å². The maximum atomic E-state index is 7.00. The predicted molar refractivity (Wildman–Crippen MR) is 76.5 cm³/mol. The second-order valence-corrected chi connectivity index (χ2v) is 4.25. The highest BCUT2D eigenvalue weighted by molar-refractivity contribution is 6.15. The monoisotopic (exact) mass is 234 g/mol. The first-order valence-electron chi connectivity index (χ1n) is 6.01. The molecule has 1 aliphatic carbocycles. The van der Waals surface area contributed by atoms with E-state index in [1.807, 2.05) is 0 Å². The van der Waals surface area contributed by atoms with Crippen molar-refractivity contribution < 1.29 is 5.11 Å². The normalized spacial score (nSPS) is 10.8. The van der Waals surface area contributed by atoms with Gasteiger partial charge in [-0.2, -0.15) is 0 Å². The minimum absolute atomic E-state index is 1.00. The fourth-order valence-electron chi connectivity index (χ4n) is 2.74. The van der Waals surface area contributed by atoms with Crippen LogP contribution < -0.4 is 0 Å². The van der Waals surface area contributed by atoms with Gasteiger partial charge in [-0.15, -0.1) is 0 Å². The summed E-state index contributed by atoms with van der Waals surface area (Å²) in [6.45, 7) is 0. The third-order valence-corrected chi connectivity index (χ3v) is 3.41. The first-order valence-corrected chi connectivity index (χ1v) is 6.01. The Hall–Kier alpha value is -2.12. The number of rotatable bonds is 0. The van der Waals surface area contributed by atoms with Gasteiger partial charge in [-0.3, -0.25) is 0 Å². The maximum Gasteiger partial charge on any atom is 0.0319 e. The molecule has 0 saturated heterocycles. The van der Waals surface area contributed by atoms with Crippen molar-refractivity contribution in [1.29, 1.82) is 0 Å². The van der Waals surface area contributed by atoms with Crippen molar-refractivity contribution in [2.75, 3.05) is 7.11 Å². The lowest BCUT2D eigenvalue weighted by molar-refractivity contribution is 0.399. The number of fused-ring (bicyclic) bond motifs is 3. The maximum absolute atomic E-state index is 7.00. The molecule has 1 N–H and O–H groups in total. The quantitative estimate of drug-likeness (QED) is 0.485. The zero-order valence-electron chi connectivity index (χ0n) is 10.2.